The van der Waals surface area contributed by atoms with Crippen molar-refractivity contribution in [3.63, 3.8) is 0 Å². The summed E-state index contributed by atoms with van der Waals surface area (Å²) in [5.74, 6) is -0.517. The highest BCUT2D eigenvalue weighted by atomic mass is 79.9. The SMILES string of the molecule is CNCc1cccc(F)c1OCc1ccc(F)c(Br)c1. The molecule has 0 spiro atoms. The van der Waals surface area contributed by atoms with Gasteiger partial charge in [0.05, 0.1) is 4.47 Å². The number of rotatable bonds is 5. The number of halogens is 3. The third-order valence-electron chi connectivity index (χ3n) is 2.78. The normalized spacial score (nSPS) is 10.6. The second-order valence-electron chi connectivity index (χ2n) is 4.30. The van der Waals surface area contributed by atoms with E-state index in [9.17, 15) is 8.78 Å². The second kappa shape index (κ2) is 6.81. The van der Waals surface area contributed by atoms with Gasteiger partial charge in [0.1, 0.15) is 12.4 Å². The third-order valence-corrected chi connectivity index (χ3v) is 3.39. The van der Waals surface area contributed by atoms with Gasteiger partial charge in [0, 0.05) is 12.1 Å². The third kappa shape index (κ3) is 3.55. The van der Waals surface area contributed by atoms with Crippen LogP contribution in [0.5, 0.6) is 5.75 Å². The van der Waals surface area contributed by atoms with E-state index >= 15 is 0 Å². The molecule has 20 heavy (non-hydrogen) atoms. The van der Waals surface area contributed by atoms with E-state index in [0.717, 1.165) is 11.1 Å². The van der Waals surface area contributed by atoms with Crippen LogP contribution in [0.4, 0.5) is 8.78 Å². The highest BCUT2D eigenvalue weighted by Crippen LogP contribution is 2.24. The van der Waals surface area contributed by atoms with E-state index < -0.39 is 5.82 Å². The Morgan fingerprint density at radius 3 is 2.65 bits per heavy atom. The quantitative estimate of drug-likeness (QED) is 0.886. The zero-order valence-electron chi connectivity index (χ0n) is 10.9. The molecule has 2 aromatic rings. The Morgan fingerprint density at radius 2 is 1.95 bits per heavy atom. The van der Waals surface area contributed by atoms with Crippen LogP contribution in [0.1, 0.15) is 11.1 Å². The zero-order chi connectivity index (χ0) is 14.5. The molecule has 5 heteroatoms. The molecule has 0 bridgehead atoms. The number of para-hydroxylation sites is 1. The molecule has 0 amide bonds. The second-order valence-corrected chi connectivity index (χ2v) is 5.15. The van der Waals surface area contributed by atoms with Crippen molar-refractivity contribution in [2.75, 3.05) is 7.05 Å². The highest BCUT2D eigenvalue weighted by molar-refractivity contribution is 9.10. The first kappa shape index (κ1) is 14.9. The summed E-state index contributed by atoms with van der Waals surface area (Å²) in [7, 11) is 1.78. The number of nitrogens with one attached hydrogen (secondary N) is 1. The smallest absolute Gasteiger partial charge is 0.165 e. The fourth-order valence-corrected chi connectivity index (χ4v) is 2.26. The first-order chi connectivity index (χ1) is 9.61. The summed E-state index contributed by atoms with van der Waals surface area (Å²) < 4.78 is 32.8. The topological polar surface area (TPSA) is 21.3 Å². The lowest BCUT2D eigenvalue weighted by Crippen LogP contribution is -2.08. The molecule has 0 fully saturated rings. The standard InChI is InChI=1S/C15H14BrF2NO/c1-19-8-11-3-2-4-14(18)15(11)20-9-10-5-6-13(17)12(16)7-10/h2-7,19H,8-9H2,1H3. The molecule has 0 radical (unpaired) electrons. The van der Waals surface area contributed by atoms with Gasteiger partial charge in [-0.3, -0.25) is 0 Å². The van der Waals surface area contributed by atoms with Crippen molar-refractivity contribution in [1.29, 1.82) is 0 Å². The molecule has 0 aliphatic heterocycles. The Labute approximate surface area is 124 Å². The van der Waals surface area contributed by atoms with Crippen LogP contribution >= 0.6 is 15.9 Å². The van der Waals surface area contributed by atoms with Gasteiger partial charge in [0.15, 0.2) is 11.6 Å². The maximum absolute atomic E-state index is 13.8. The molecule has 0 saturated heterocycles. The predicted molar refractivity (Wildman–Crippen MR) is 77.6 cm³/mol. The molecule has 0 saturated carbocycles. The van der Waals surface area contributed by atoms with E-state index in [-0.39, 0.29) is 18.2 Å². The summed E-state index contributed by atoms with van der Waals surface area (Å²) in [6.45, 7) is 0.691. The predicted octanol–water partition coefficient (Wildman–Crippen LogP) is 4.03. The van der Waals surface area contributed by atoms with Gasteiger partial charge in [-0.05, 0) is 46.7 Å². The molecule has 0 atom stereocenters. The summed E-state index contributed by atoms with van der Waals surface area (Å²) >= 11 is 3.11. The average Bonchev–Trinajstić information content (AvgIpc) is 2.42. The van der Waals surface area contributed by atoms with E-state index in [0.29, 0.717) is 11.0 Å². The molecule has 0 heterocycles. The van der Waals surface area contributed by atoms with Crippen molar-refractivity contribution in [2.24, 2.45) is 0 Å². The van der Waals surface area contributed by atoms with Gasteiger partial charge in [-0.15, -0.1) is 0 Å². The fraction of sp³-hybridized carbons (Fsp3) is 0.200. The lowest BCUT2D eigenvalue weighted by atomic mass is 10.2. The Kier molecular flexibility index (Phi) is 5.09. The minimum Gasteiger partial charge on any atom is -0.485 e. The van der Waals surface area contributed by atoms with Crippen molar-refractivity contribution >= 4 is 15.9 Å². The van der Waals surface area contributed by atoms with Crippen LogP contribution in [0.2, 0.25) is 0 Å². The molecular weight excluding hydrogens is 328 g/mol. The molecule has 2 nitrogen and oxygen atoms in total. The summed E-state index contributed by atoms with van der Waals surface area (Å²) in [6.07, 6.45) is 0. The van der Waals surface area contributed by atoms with E-state index in [4.69, 9.17) is 4.74 Å². The molecule has 0 aliphatic rings. The number of hydrogen-bond donors (Lipinski definition) is 1. The van der Waals surface area contributed by atoms with Crippen LogP contribution in [0, 0.1) is 11.6 Å². The highest BCUT2D eigenvalue weighted by Gasteiger charge is 2.10. The van der Waals surface area contributed by atoms with Crippen LogP contribution < -0.4 is 10.1 Å². The van der Waals surface area contributed by atoms with E-state index in [2.05, 4.69) is 21.2 Å². The van der Waals surface area contributed by atoms with Crippen molar-refractivity contribution < 1.29 is 13.5 Å². The Morgan fingerprint density at radius 1 is 1.15 bits per heavy atom. The summed E-state index contributed by atoms with van der Waals surface area (Å²) in [4.78, 5) is 0. The monoisotopic (exact) mass is 341 g/mol. The van der Waals surface area contributed by atoms with Gasteiger partial charge in [-0.1, -0.05) is 18.2 Å². The van der Waals surface area contributed by atoms with Gasteiger partial charge in [0.25, 0.3) is 0 Å². The van der Waals surface area contributed by atoms with Crippen LogP contribution in [0.15, 0.2) is 40.9 Å². The van der Waals surface area contributed by atoms with Crippen molar-refractivity contribution in [1.82, 2.24) is 5.32 Å². The van der Waals surface area contributed by atoms with Crippen molar-refractivity contribution in [2.45, 2.75) is 13.2 Å². The Balaban J connectivity index is 2.15. The molecule has 0 aliphatic carbocycles. The molecule has 2 aromatic carbocycles. The first-order valence-corrected chi connectivity index (χ1v) is 6.90. The van der Waals surface area contributed by atoms with Gasteiger partial charge in [-0.25, -0.2) is 8.78 Å². The maximum Gasteiger partial charge on any atom is 0.165 e. The zero-order valence-corrected chi connectivity index (χ0v) is 12.5. The Bertz CT molecular complexity index is 604. The van der Waals surface area contributed by atoms with Crippen LogP contribution in [0.25, 0.3) is 0 Å². The largest absolute Gasteiger partial charge is 0.485 e. The van der Waals surface area contributed by atoms with E-state index in [1.807, 2.05) is 0 Å². The van der Waals surface area contributed by atoms with Gasteiger partial charge in [0.2, 0.25) is 0 Å². The summed E-state index contributed by atoms with van der Waals surface area (Å²) in [6, 6.07) is 9.37. The van der Waals surface area contributed by atoms with Gasteiger partial charge >= 0.3 is 0 Å². The number of benzene rings is 2. The Hall–Kier alpha value is -1.46. The molecule has 0 unspecified atom stereocenters. The van der Waals surface area contributed by atoms with Gasteiger partial charge in [-0.2, -0.15) is 0 Å². The maximum atomic E-state index is 13.8. The van der Waals surface area contributed by atoms with E-state index in [1.54, 1.807) is 31.3 Å². The van der Waals surface area contributed by atoms with E-state index in [1.165, 1.54) is 12.1 Å². The number of ether oxygens (including phenoxy) is 1. The molecule has 0 aromatic heterocycles. The molecule has 106 valence electrons. The number of hydrogen-bond acceptors (Lipinski definition) is 2. The van der Waals surface area contributed by atoms with Crippen LogP contribution in [0.3, 0.4) is 0 Å². The fourth-order valence-electron chi connectivity index (χ4n) is 1.83. The molecular formula is C15H14BrF2NO. The lowest BCUT2D eigenvalue weighted by Gasteiger charge is -2.12. The minimum atomic E-state index is -0.404. The summed E-state index contributed by atoms with van der Waals surface area (Å²) in [5, 5.41) is 2.96. The first-order valence-electron chi connectivity index (χ1n) is 6.10. The molecule has 2 rings (SSSR count). The molecule has 1 N–H and O–H groups in total. The van der Waals surface area contributed by atoms with Gasteiger partial charge < -0.3 is 10.1 Å². The van der Waals surface area contributed by atoms with Crippen molar-refractivity contribution in [3.05, 3.63) is 63.6 Å². The average molecular weight is 342 g/mol. The lowest BCUT2D eigenvalue weighted by molar-refractivity contribution is 0.286. The van der Waals surface area contributed by atoms with Crippen LogP contribution in [-0.2, 0) is 13.2 Å². The van der Waals surface area contributed by atoms with Crippen LogP contribution in [-0.4, -0.2) is 7.05 Å². The summed E-state index contributed by atoms with van der Waals surface area (Å²) in [5.41, 5.74) is 1.51. The minimum absolute atomic E-state index is 0.177. The van der Waals surface area contributed by atoms with Crippen molar-refractivity contribution in [3.8, 4) is 5.75 Å².